The van der Waals surface area contributed by atoms with Gasteiger partial charge in [-0.05, 0) is 61.0 Å². The number of hydrogen-bond acceptors (Lipinski definition) is 3. The highest BCUT2D eigenvalue weighted by Gasteiger charge is 2.05. The third kappa shape index (κ3) is 6.50. The number of anilines is 3. The second kappa shape index (κ2) is 11.2. The topological polar surface area (TPSA) is 50.4 Å². The molecule has 4 rings (SSSR count). The summed E-state index contributed by atoms with van der Waals surface area (Å²) in [5, 5.41) is 6.98. The lowest BCUT2D eigenvalue weighted by Gasteiger charge is -2.12. The Morgan fingerprint density at radius 2 is 1.53 bits per heavy atom. The van der Waals surface area contributed by atoms with Gasteiger partial charge in [-0.15, -0.1) is 0 Å². The number of amides is 1. The molecule has 0 heterocycles. The molecule has 5 heteroatoms. The zero-order valence-electron chi connectivity index (χ0n) is 18.8. The van der Waals surface area contributed by atoms with Crippen molar-refractivity contribution in [2.45, 2.75) is 13.5 Å². The van der Waals surface area contributed by atoms with Crippen molar-refractivity contribution < 1.29 is 9.53 Å². The second-order valence-corrected chi connectivity index (χ2v) is 8.22. The van der Waals surface area contributed by atoms with Gasteiger partial charge in [0.25, 0.3) is 0 Å². The Kier molecular flexibility index (Phi) is 7.63. The average molecular weight is 469 g/mol. The Bertz CT molecular complexity index is 1280. The number of carbonyl (C=O) groups is 1. The molecule has 0 radical (unpaired) electrons. The quantitative estimate of drug-likeness (QED) is 0.261. The molecule has 2 N–H and O–H groups in total. The van der Waals surface area contributed by atoms with Crippen LogP contribution in [0.3, 0.4) is 0 Å². The van der Waals surface area contributed by atoms with Gasteiger partial charge in [-0.25, -0.2) is 0 Å². The molecule has 170 valence electrons. The molecule has 0 aromatic heterocycles. The van der Waals surface area contributed by atoms with E-state index < -0.39 is 0 Å². The molecule has 0 saturated heterocycles. The number of benzene rings is 4. The molecular weight excluding hydrogens is 444 g/mol. The summed E-state index contributed by atoms with van der Waals surface area (Å²) in [7, 11) is 0. The van der Waals surface area contributed by atoms with E-state index in [1.807, 2.05) is 104 Å². The van der Waals surface area contributed by atoms with Crippen LogP contribution in [0.15, 0.2) is 103 Å². The molecule has 0 spiro atoms. The van der Waals surface area contributed by atoms with Crippen molar-refractivity contribution in [3.05, 3.63) is 125 Å². The molecule has 34 heavy (non-hydrogen) atoms. The molecule has 4 nitrogen and oxygen atoms in total. The fraction of sp³-hybridized carbons (Fsp3) is 0.0690. The number of aryl methyl sites for hydroxylation is 1. The number of ether oxygens (including phenoxy) is 1. The van der Waals surface area contributed by atoms with Crippen molar-refractivity contribution in [2.75, 3.05) is 10.6 Å². The Morgan fingerprint density at radius 3 is 2.26 bits per heavy atom. The van der Waals surface area contributed by atoms with E-state index in [0.29, 0.717) is 17.3 Å². The van der Waals surface area contributed by atoms with Crippen molar-refractivity contribution in [1.82, 2.24) is 0 Å². The largest absolute Gasteiger partial charge is 0.489 e. The first kappa shape index (κ1) is 23.1. The summed E-state index contributed by atoms with van der Waals surface area (Å²) in [4.78, 5) is 12.5. The molecule has 0 saturated carbocycles. The highest BCUT2D eigenvalue weighted by Crippen LogP contribution is 2.25. The van der Waals surface area contributed by atoms with Gasteiger partial charge in [0.1, 0.15) is 12.4 Å². The first-order chi connectivity index (χ1) is 16.6. The van der Waals surface area contributed by atoms with Gasteiger partial charge in [-0.2, -0.15) is 0 Å². The fourth-order valence-corrected chi connectivity index (χ4v) is 3.48. The molecule has 0 aliphatic carbocycles. The molecule has 0 unspecified atom stereocenters. The number of carbonyl (C=O) groups excluding carboxylic acids is 1. The molecule has 0 atom stereocenters. The summed E-state index contributed by atoms with van der Waals surface area (Å²) < 4.78 is 5.81. The Labute approximate surface area is 204 Å². The fourth-order valence-electron chi connectivity index (χ4n) is 3.29. The van der Waals surface area contributed by atoms with Crippen LogP contribution in [0.5, 0.6) is 5.75 Å². The predicted octanol–water partition coefficient (Wildman–Crippen LogP) is 7.62. The van der Waals surface area contributed by atoms with E-state index >= 15 is 0 Å². The van der Waals surface area contributed by atoms with Gasteiger partial charge in [0, 0.05) is 22.3 Å². The smallest absolute Gasteiger partial charge is 0.248 e. The van der Waals surface area contributed by atoms with Crippen LogP contribution >= 0.6 is 11.6 Å². The monoisotopic (exact) mass is 468 g/mol. The van der Waals surface area contributed by atoms with Crippen LogP contribution in [-0.2, 0) is 11.4 Å². The van der Waals surface area contributed by atoms with Crippen LogP contribution in [-0.4, -0.2) is 5.91 Å². The van der Waals surface area contributed by atoms with Crippen LogP contribution < -0.4 is 15.4 Å². The molecular formula is C29H25ClN2O2. The van der Waals surface area contributed by atoms with Crippen molar-refractivity contribution in [3.63, 3.8) is 0 Å². The van der Waals surface area contributed by atoms with Crippen LogP contribution in [0.1, 0.15) is 16.7 Å². The van der Waals surface area contributed by atoms with E-state index in [9.17, 15) is 4.79 Å². The van der Waals surface area contributed by atoms with Crippen molar-refractivity contribution in [3.8, 4) is 5.75 Å². The maximum absolute atomic E-state index is 12.5. The van der Waals surface area contributed by atoms with Crippen LogP contribution in [0, 0.1) is 6.92 Å². The molecule has 0 aliphatic heterocycles. The normalized spacial score (nSPS) is 10.8. The first-order valence-electron chi connectivity index (χ1n) is 10.9. The van der Waals surface area contributed by atoms with Gasteiger partial charge in [0.15, 0.2) is 0 Å². The maximum atomic E-state index is 12.5. The average Bonchev–Trinajstić information content (AvgIpc) is 2.85. The standard InChI is InChI=1S/C29H25ClN2O2/c1-21-10-15-24(16-11-21)31-27-8-4-5-9-28(27)32-29(33)19-14-22-12-17-25(18-13-22)34-20-23-6-2-3-7-26(23)30/h2-19,31H,20H2,1H3,(H,32,33)/b19-14+. The zero-order valence-corrected chi connectivity index (χ0v) is 19.5. The predicted molar refractivity (Wildman–Crippen MR) is 141 cm³/mol. The molecule has 0 aliphatic rings. The van der Waals surface area contributed by atoms with Gasteiger partial charge < -0.3 is 15.4 Å². The zero-order chi connectivity index (χ0) is 23.8. The van der Waals surface area contributed by atoms with Crippen molar-refractivity contribution >= 4 is 40.6 Å². The van der Waals surface area contributed by atoms with Gasteiger partial charge in [-0.3, -0.25) is 4.79 Å². The summed E-state index contributed by atoms with van der Waals surface area (Å²) in [5.41, 5.74) is 5.51. The summed E-state index contributed by atoms with van der Waals surface area (Å²) in [6.07, 6.45) is 3.28. The second-order valence-electron chi connectivity index (χ2n) is 7.81. The third-order valence-corrected chi connectivity index (χ3v) is 5.54. The number of para-hydroxylation sites is 2. The van der Waals surface area contributed by atoms with Gasteiger partial charge in [0.05, 0.1) is 11.4 Å². The first-order valence-corrected chi connectivity index (χ1v) is 11.3. The van der Waals surface area contributed by atoms with Gasteiger partial charge in [0.2, 0.25) is 5.91 Å². The SMILES string of the molecule is Cc1ccc(Nc2ccccc2NC(=O)/C=C/c2ccc(OCc3ccccc3Cl)cc2)cc1. The lowest BCUT2D eigenvalue weighted by Crippen LogP contribution is -2.09. The van der Waals surface area contributed by atoms with E-state index in [4.69, 9.17) is 16.3 Å². The highest BCUT2D eigenvalue weighted by molar-refractivity contribution is 6.31. The molecule has 4 aromatic rings. The minimum absolute atomic E-state index is 0.211. The highest BCUT2D eigenvalue weighted by atomic mass is 35.5. The van der Waals surface area contributed by atoms with Crippen molar-refractivity contribution in [2.24, 2.45) is 0 Å². The Hall–Kier alpha value is -4.02. The van der Waals surface area contributed by atoms with E-state index in [-0.39, 0.29) is 5.91 Å². The summed E-state index contributed by atoms with van der Waals surface area (Å²) in [6, 6.07) is 30.9. The Morgan fingerprint density at radius 1 is 0.853 bits per heavy atom. The number of hydrogen-bond donors (Lipinski definition) is 2. The minimum atomic E-state index is -0.211. The van der Waals surface area contributed by atoms with Crippen LogP contribution in [0.4, 0.5) is 17.1 Å². The number of nitrogens with one attached hydrogen (secondary N) is 2. The molecule has 4 aromatic carbocycles. The lowest BCUT2D eigenvalue weighted by molar-refractivity contribution is -0.111. The van der Waals surface area contributed by atoms with E-state index in [0.717, 1.165) is 28.3 Å². The molecule has 0 fully saturated rings. The van der Waals surface area contributed by atoms with E-state index in [1.54, 1.807) is 6.08 Å². The summed E-state index contributed by atoms with van der Waals surface area (Å²) >= 11 is 6.17. The lowest BCUT2D eigenvalue weighted by atomic mass is 10.2. The van der Waals surface area contributed by atoms with E-state index in [2.05, 4.69) is 10.6 Å². The number of rotatable bonds is 8. The minimum Gasteiger partial charge on any atom is -0.489 e. The molecule has 0 bridgehead atoms. The van der Waals surface area contributed by atoms with Gasteiger partial charge >= 0.3 is 0 Å². The third-order valence-electron chi connectivity index (χ3n) is 5.17. The summed E-state index contributed by atoms with van der Waals surface area (Å²) in [5.74, 6) is 0.523. The van der Waals surface area contributed by atoms with E-state index in [1.165, 1.54) is 11.6 Å². The summed E-state index contributed by atoms with van der Waals surface area (Å²) in [6.45, 7) is 2.44. The van der Waals surface area contributed by atoms with Crippen molar-refractivity contribution in [1.29, 1.82) is 0 Å². The number of halogens is 1. The molecule has 1 amide bonds. The van der Waals surface area contributed by atoms with Gasteiger partial charge in [-0.1, -0.05) is 71.8 Å². The Balaban J connectivity index is 1.34. The van der Waals surface area contributed by atoms with Crippen LogP contribution in [0.2, 0.25) is 5.02 Å². The van der Waals surface area contributed by atoms with Crippen LogP contribution in [0.25, 0.3) is 6.08 Å². The maximum Gasteiger partial charge on any atom is 0.248 e.